The zero-order chi connectivity index (χ0) is 21.1. The van der Waals surface area contributed by atoms with Crippen molar-refractivity contribution in [2.24, 2.45) is 0 Å². The molecule has 4 rings (SSSR count). The SMILES string of the molecule is CC(=O)c1c[nH]c(C(=O)OCC(=O)N2c3ccccc3SCC2c2ccccc2)c1. The van der Waals surface area contributed by atoms with Crippen molar-refractivity contribution in [2.75, 3.05) is 17.3 Å². The quantitative estimate of drug-likeness (QED) is 0.493. The fraction of sp³-hybridized carbons (Fsp3) is 0.174. The van der Waals surface area contributed by atoms with Gasteiger partial charge in [-0.1, -0.05) is 42.5 Å². The van der Waals surface area contributed by atoms with Gasteiger partial charge in [-0.15, -0.1) is 11.8 Å². The molecule has 1 aromatic heterocycles. The van der Waals surface area contributed by atoms with Crippen molar-refractivity contribution < 1.29 is 19.1 Å². The summed E-state index contributed by atoms with van der Waals surface area (Å²) in [5, 5.41) is 0. The van der Waals surface area contributed by atoms with Crippen LogP contribution in [0.2, 0.25) is 0 Å². The van der Waals surface area contributed by atoms with Crippen LogP contribution in [0.1, 0.15) is 39.4 Å². The topological polar surface area (TPSA) is 79.5 Å². The smallest absolute Gasteiger partial charge is 0.355 e. The summed E-state index contributed by atoms with van der Waals surface area (Å²) < 4.78 is 5.26. The summed E-state index contributed by atoms with van der Waals surface area (Å²) in [5.41, 5.74) is 2.36. The van der Waals surface area contributed by atoms with Crippen LogP contribution in [-0.4, -0.2) is 35.0 Å². The van der Waals surface area contributed by atoms with Crippen LogP contribution in [0.15, 0.2) is 71.8 Å². The number of anilines is 1. The van der Waals surface area contributed by atoms with Crippen LogP contribution in [0.4, 0.5) is 5.69 Å². The first kappa shape index (κ1) is 20.0. The molecule has 1 aliphatic heterocycles. The largest absolute Gasteiger partial charge is 0.451 e. The van der Waals surface area contributed by atoms with Crippen molar-refractivity contribution in [1.82, 2.24) is 4.98 Å². The number of benzene rings is 2. The van der Waals surface area contributed by atoms with Crippen molar-refractivity contribution in [3.63, 3.8) is 0 Å². The molecule has 0 radical (unpaired) electrons. The van der Waals surface area contributed by atoms with Gasteiger partial charge in [-0.05, 0) is 30.7 Å². The van der Waals surface area contributed by atoms with Crippen LogP contribution in [0, 0.1) is 0 Å². The highest BCUT2D eigenvalue weighted by atomic mass is 32.2. The highest BCUT2D eigenvalue weighted by molar-refractivity contribution is 7.99. The zero-order valence-electron chi connectivity index (χ0n) is 16.3. The lowest BCUT2D eigenvalue weighted by molar-refractivity contribution is -0.122. The maximum atomic E-state index is 13.2. The second-order valence-corrected chi connectivity index (χ2v) is 7.97. The molecule has 152 valence electrons. The van der Waals surface area contributed by atoms with Crippen LogP contribution in [-0.2, 0) is 9.53 Å². The molecule has 1 atom stereocenters. The van der Waals surface area contributed by atoms with E-state index in [1.807, 2.05) is 54.6 Å². The Morgan fingerprint density at radius 2 is 1.83 bits per heavy atom. The van der Waals surface area contributed by atoms with Crippen molar-refractivity contribution in [3.05, 3.63) is 83.7 Å². The molecule has 0 saturated carbocycles. The van der Waals surface area contributed by atoms with Crippen molar-refractivity contribution in [1.29, 1.82) is 0 Å². The Morgan fingerprint density at radius 1 is 1.10 bits per heavy atom. The summed E-state index contributed by atoms with van der Waals surface area (Å²) >= 11 is 1.70. The molecule has 1 unspecified atom stereocenters. The Hall–Kier alpha value is -3.32. The van der Waals surface area contributed by atoms with Gasteiger partial charge >= 0.3 is 5.97 Å². The van der Waals surface area contributed by atoms with Crippen LogP contribution in [0.25, 0.3) is 0 Å². The van der Waals surface area contributed by atoms with Crippen molar-refractivity contribution in [2.45, 2.75) is 17.9 Å². The second-order valence-electron chi connectivity index (χ2n) is 6.90. The number of hydrogen-bond donors (Lipinski definition) is 1. The maximum Gasteiger partial charge on any atom is 0.355 e. The van der Waals surface area contributed by atoms with Gasteiger partial charge in [-0.3, -0.25) is 14.5 Å². The molecule has 6 nitrogen and oxygen atoms in total. The summed E-state index contributed by atoms with van der Waals surface area (Å²) in [7, 11) is 0. The first-order valence-electron chi connectivity index (χ1n) is 9.50. The fourth-order valence-corrected chi connectivity index (χ4v) is 4.58. The van der Waals surface area contributed by atoms with Crippen LogP contribution >= 0.6 is 11.8 Å². The minimum absolute atomic E-state index is 0.141. The van der Waals surface area contributed by atoms with E-state index in [1.165, 1.54) is 19.2 Å². The number of thioether (sulfide) groups is 1. The zero-order valence-corrected chi connectivity index (χ0v) is 17.1. The number of fused-ring (bicyclic) bond motifs is 1. The summed E-state index contributed by atoms with van der Waals surface area (Å²) in [6, 6.07) is 18.8. The Labute approximate surface area is 178 Å². The molecule has 1 N–H and O–H groups in total. The van der Waals surface area contributed by atoms with Gasteiger partial charge in [0, 0.05) is 22.4 Å². The Kier molecular flexibility index (Phi) is 5.72. The number of ether oxygens (including phenoxy) is 1. The first-order valence-corrected chi connectivity index (χ1v) is 10.5. The van der Waals surface area contributed by atoms with Gasteiger partial charge in [0.2, 0.25) is 0 Å². The second kappa shape index (κ2) is 8.59. The molecule has 30 heavy (non-hydrogen) atoms. The molecule has 7 heteroatoms. The van der Waals surface area contributed by atoms with Gasteiger partial charge in [0.05, 0.1) is 11.7 Å². The van der Waals surface area contributed by atoms with Crippen LogP contribution in [0.5, 0.6) is 0 Å². The maximum absolute atomic E-state index is 13.2. The number of hydrogen-bond acceptors (Lipinski definition) is 5. The molecule has 2 heterocycles. The highest BCUT2D eigenvalue weighted by Gasteiger charge is 2.33. The van der Waals surface area contributed by atoms with E-state index in [-0.39, 0.29) is 23.4 Å². The minimum atomic E-state index is -0.674. The number of nitrogens with one attached hydrogen (secondary N) is 1. The average molecular weight is 420 g/mol. The molecule has 0 spiro atoms. The number of Topliss-reactive ketones (excluding diaryl/α,β-unsaturated/α-hetero) is 1. The van der Waals surface area contributed by atoms with Gasteiger partial charge in [-0.2, -0.15) is 0 Å². The number of H-pyrrole nitrogens is 1. The van der Waals surface area contributed by atoms with Gasteiger partial charge in [0.1, 0.15) is 5.69 Å². The lowest BCUT2D eigenvalue weighted by atomic mass is 10.1. The number of carbonyl (C=O) groups excluding carboxylic acids is 3. The number of amides is 1. The van der Waals surface area contributed by atoms with Crippen LogP contribution in [0.3, 0.4) is 0 Å². The number of para-hydroxylation sites is 1. The third-order valence-electron chi connectivity index (χ3n) is 4.92. The number of rotatable bonds is 5. The van der Waals surface area contributed by atoms with Crippen molar-refractivity contribution >= 4 is 35.1 Å². The number of aromatic nitrogens is 1. The summed E-state index contributed by atoms with van der Waals surface area (Å²) in [6.07, 6.45) is 1.45. The minimum Gasteiger partial charge on any atom is -0.451 e. The Balaban J connectivity index is 1.55. The van der Waals surface area contributed by atoms with Gasteiger partial charge < -0.3 is 9.72 Å². The molecule has 2 aromatic carbocycles. The molecule has 3 aromatic rings. The van der Waals surface area contributed by atoms with Gasteiger partial charge in [0.15, 0.2) is 12.4 Å². The Bertz CT molecular complexity index is 1090. The van der Waals surface area contributed by atoms with E-state index in [0.29, 0.717) is 11.3 Å². The molecule has 1 aliphatic rings. The standard InChI is InChI=1S/C23H20N2O4S/c1-15(26)17-11-18(24-12-17)23(28)29-13-22(27)25-19-9-5-6-10-21(19)30-14-20(25)16-7-3-2-4-8-16/h2-12,20,24H,13-14H2,1H3. The predicted molar refractivity (Wildman–Crippen MR) is 115 cm³/mol. The first-order chi connectivity index (χ1) is 14.5. The third kappa shape index (κ3) is 4.02. The van der Waals surface area contributed by atoms with Gasteiger partial charge in [-0.25, -0.2) is 4.79 Å². The normalized spacial score (nSPS) is 15.4. The third-order valence-corrected chi connectivity index (χ3v) is 6.06. The molecular formula is C23H20N2O4S. The number of aromatic amines is 1. The summed E-state index contributed by atoms with van der Waals surface area (Å²) in [4.78, 5) is 42.3. The number of esters is 1. The lowest BCUT2D eigenvalue weighted by Crippen LogP contribution is -2.41. The molecule has 1 amide bonds. The molecule has 0 bridgehead atoms. The molecule has 0 fully saturated rings. The lowest BCUT2D eigenvalue weighted by Gasteiger charge is -2.37. The van der Waals surface area contributed by atoms with E-state index in [9.17, 15) is 14.4 Å². The Morgan fingerprint density at radius 3 is 2.57 bits per heavy atom. The molecule has 0 aliphatic carbocycles. The number of nitrogens with zero attached hydrogens (tertiary/aromatic N) is 1. The summed E-state index contributed by atoms with van der Waals surface area (Å²) in [5.74, 6) is -0.427. The van der Waals surface area contributed by atoms with Crippen molar-refractivity contribution in [3.8, 4) is 0 Å². The molecular weight excluding hydrogens is 400 g/mol. The van der Waals surface area contributed by atoms with E-state index in [2.05, 4.69) is 4.98 Å². The van der Waals surface area contributed by atoms with Crippen LogP contribution < -0.4 is 4.90 Å². The molecule has 0 saturated heterocycles. The van der Waals surface area contributed by atoms with E-state index < -0.39 is 12.6 Å². The fourth-order valence-electron chi connectivity index (χ4n) is 3.41. The van der Waals surface area contributed by atoms with E-state index >= 15 is 0 Å². The number of carbonyl (C=O) groups is 3. The van der Waals surface area contributed by atoms with E-state index in [4.69, 9.17) is 4.74 Å². The number of ketones is 1. The highest BCUT2D eigenvalue weighted by Crippen LogP contribution is 2.43. The predicted octanol–water partition coefficient (Wildman–Crippen LogP) is 4.25. The monoisotopic (exact) mass is 420 g/mol. The summed E-state index contributed by atoms with van der Waals surface area (Å²) in [6.45, 7) is 1.02. The average Bonchev–Trinajstić information content (AvgIpc) is 3.28. The van der Waals surface area contributed by atoms with E-state index in [1.54, 1.807) is 16.7 Å². The van der Waals surface area contributed by atoms with E-state index in [0.717, 1.165) is 16.1 Å². The van der Waals surface area contributed by atoms with Gasteiger partial charge in [0.25, 0.3) is 5.91 Å².